The zero-order valence-electron chi connectivity index (χ0n) is 26.7. The smallest absolute Gasteiger partial charge is 0.264 e. The molecule has 0 saturated heterocycles. The summed E-state index contributed by atoms with van der Waals surface area (Å²) in [6.07, 6.45) is 4.08. The van der Waals surface area contributed by atoms with E-state index in [1.54, 1.807) is 60.7 Å². The Morgan fingerprint density at radius 1 is 0.896 bits per heavy atom. The Kier molecular flexibility index (Phi) is 12.2. The second-order valence-corrected chi connectivity index (χ2v) is 15.0. The first-order valence-electron chi connectivity index (χ1n) is 16.0. The summed E-state index contributed by atoms with van der Waals surface area (Å²) in [6.45, 7) is 1.84. The van der Waals surface area contributed by atoms with Crippen molar-refractivity contribution in [2.45, 2.75) is 62.6 Å². The van der Waals surface area contributed by atoms with Gasteiger partial charge in [0.1, 0.15) is 18.3 Å². The van der Waals surface area contributed by atoms with Crippen molar-refractivity contribution in [3.63, 3.8) is 0 Å². The van der Waals surface area contributed by atoms with E-state index in [9.17, 15) is 18.0 Å². The van der Waals surface area contributed by atoms with Crippen molar-refractivity contribution in [1.82, 2.24) is 10.2 Å². The Balaban J connectivity index is 1.56. The Hall–Kier alpha value is -3.86. The third kappa shape index (κ3) is 9.18. The van der Waals surface area contributed by atoms with Crippen LogP contribution in [0, 0.1) is 0 Å². The molecule has 11 heteroatoms. The van der Waals surface area contributed by atoms with E-state index in [1.807, 2.05) is 37.3 Å². The molecule has 1 aliphatic rings. The van der Waals surface area contributed by atoms with E-state index in [1.165, 1.54) is 17.0 Å². The van der Waals surface area contributed by atoms with E-state index in [0.29, 0.717) is 17.4 Å². The van der Waals surface area contributed by atoms with Crippen molar-refractivity contribution < 1.29 is 22.7 Å². The van der Waals surface area contributed by atoms with Crippen LogP contribution in [0.4, 0.5) is 5.69 Å². The molecule has 48 heavy (non-hydrogen) atoms. The van der Waals surface area contributed by atoms with E-state index in [0.717, 1.165) is 45.6 Å². The molecule has 5 rings (SSSR count). The van der Waals surface area contributed by atoms with Crippen molar-refractivity contribution in [3.8, 4) is 5.75 Å². The highest BCUT2D eigenvalue weighted by Gasteiger charge is 2.35. The van der Waals surface area contributed by atoms with E-state index in [4.69, 9.17) is 16.3 Å². The number of ether oxygens (including phenoxy) is 1. The lowest BCUT2D eigenvalue weighted by atomic mass is 10.0. The molecule has 2 amide bonds. The standard InChI is InChI=1S/C37H39BrClN3O5S/c1-2-47-33-20-18-32(19-21-33)42(48(45,46)34-22-14-29(38)15-23-34)26-36(43)41(25-28-12-16-30(39)17-13-28)35(24-27-8-4-3-5-9-27)37(44)40-31-10-6-7-11-31/h3-5,8-9,12-23,31,35H,2,6-7,10-11,24-26H2,1H3,(H,40,44)/t35-/m0/s1. The van der Waals surface area contributed by atoms with Crippen LogP contribution in [-0.4, -0.2) is 50.4 Å². The van der Waals surface area contributed by atoms with Crippen molar-refractivity contribution in [2.75, 3.05) is 17.5 Å². The van der Waals surface area contributed by atoms with Gasteiger partial charge in [-0.25, -0.2) is 8.42 Å². The minimum Gasteiger partial charge on any atom is -0.494 e. The van der Waals surface area contributed by atoms with Gasteiger partial charge < -0.3 is 15.0 Å². The van der Waals surface area contributed by atoms with Crippen molar-refractivity contribution >= 4 is 55.1 Å². The van der Waals surface area contributed by atoms with Crippen LogP contribution in [0.2, 0.25) is 5.02 Å². The van der Waals surface area contributed by atoms with Gasteiger partial charge >= 0.3 is 0 Å². The molecule has 0 bridgehead atoms. The van der Waals surface area contributed by atoms with Gasteiger partial charge in [-0.05, 0) is 91.6 Å². The van der Waals surface area contributed by atoms with Crippen LogP contribution in [-0.2, 0) is 32.6 Å². The number of anilines is 1. The van der Waals surface area contributed by atoms with Crippen LogP contribution in [0.15, 0.2) is 112 Å². The van der Waals surface area contributed by atoms with Crippen molar-refractivity contribution in [2.24, 2.45) is 0 Å². The number of benzene rings is 4. The SMILES string of the molecule is CCOc1ccc(N(CC(=O)N(Cc2ccc(Cl)cc2)[C@@H](Cc2ccccc2)C(=O)NC2CCCC2)S(=O)(=O)c2ccc(Br)cc2)cc1. The van der Waals surface area contributed by atoms with Gasteiger partial charge in [0.15, 0.2) is 0 Å². The van der Waals surface area contributed by atoms with Crippen LogP contribution in [0.25, 0.3) is 0 Å². The molecule has 252 valence electrons. The minimum atomic E-state index is -4.22. The van der Waals surface area contributed by atoms with Crippen LogP contribution in [0.3, 0.4) is 0 Å². The van der Waals surface area contributed by atoms with Crippen LogP contribution < -0.4 is 14.4 Å². The molecule has 4 aromatic rings. The predicted molar refractivity (Wildman–Crippen MR) is 193 cm³/mol. The quantitative estimate of drug-likeness (QED) is 0.145. The Morgan fingerprint density at radius 2 is 1.54 bits per heavy atom. The number of rotatable bonds is 14. The third-order valence-electron chi connectivity index (χ3n) is 8.36. The first-order chi connectivity index (χ1) is 23.1. The highest BCUT2D eigenvalue weighted by Crippen LogP contribution is 2.28. The summed E-state index contributed by atoms with van der Waals surface area (Å²) in [6, 6.07) is 28.6. The molecule has 0 heterocycles. The van der Waals surface area contributed by atoms with Gasteiger partial charge in [0, 0.05) is 28.5 Å². The van der Waals surface area contributed by atoms with E-state index in [2.05, 4.69) is 21.2 Å². The minimum absolute atomic E-state index is 0.0245. The number of sulfonamides is 1. The van der Waals surface area contributed by atoms with Gasteiger partial charge in [-0.3, -0.25) is 13.9 Å². The molecule has 0 aliphatic heterocycles. The molecule has 0 aromatic heterocycles. The van der Waals surface area contributed by atoms with Crippen molar-refractivity contribution in [3.05, 3.63) is 124 Å². The average Bonchev–Trinajstić information content (AvgIpc) is 3.60. The van der Waals surface area contributed by atoms with Crippen LogP contribution >= 0.6 is 27.5 Å². The zero-order valence-corrected chi connectivity index (χ0v) is 29.9. The lowest BCUT2D eigenvalue weighted by Crippen LogP contribution is -2.54. The summed E-state index contributed by atoms with van der Waals surface area (Å²) >= 11 is 9.55. The topological polar surface area (TPSA) is 96.0 Å². The van der Waals surface area contributed by atoms with Gasteiger partial charge in [0.05, 0.1) is 17.2 Å². The summed E-state index contributed by atoms with van der Waals surface area (Å²) in [5.74, 6) is -0.220. The van der Waals surface area contributed by atoms with Gasteiger partial charge in [-0.1, -0.05) is 82.8 Å². The fourth-order valence-electron chi connectivity index (χ4n) is 5.85. The average molecular weight is 753 g/mol. The molecule has 1 aliphatic carbocycles. The maximum atomic E-state index is 14.7. The van der Waals surface area contributed by atoms with E-state index >= 15 is 0 Å². The molecule has 1 N–H and O–H groups in total. The largest absolute Gasteiger partial charge is 0.494 e. The van der Waals surface area contributed by atoms with Gasteiger partial charge in [-0.2, -0.15) is 0 Å². The lowest BCUT2D eigenvalue weighted by Gasteiger charge is -2.34. The highest BCUT2D eigenvalue weighted by atomic mass is 79.9. The number of amides is 2. The highest BCUT2D eigenvalue weighted by molar-refractivity contribution is 9.10. The number of hydrogen-bond donors (Lipinski definition) is 1. The molecule has 1 fully saturated rings. The summed E-state index contributed by atoms with van der Waals surface area (Å²) in [5, 5.41) is 3.73. The normalized spacial score (nSPS) is 13.9. The number of hydrogen-bond acceptors (Lipinski definition) is 5. The lowest BCUT2D eigenvalue weighted by molar-refractivity contribution is -0.140. The summed E-state index contributed by atoms with van der Waals surface area (Å²) in [5.41, 5.74) is 1.92. The van der Waals surface area contributed by atoms with Gasteiger partial charge in [0.25, 0.3) is 10.0 Å². The molecule has 0 spiro atoms. The van der Waals surface area contributed by atoms with Crippen LogP contribution in [0.5, 0.6) is 5.75 Å². The fraction of sp³-hybridized carbons (Fsp3) is 0.297. The van der Waals surface area contributed by atoms with Crippen LogP contribution in [0.1, 0.15) is 43.7 Å². The predicted octanol–water partition coefficient (Wildman–Crippen LogP) is 7.40. The molecule has 8 nitrogen and oxygen atoms in total. The number of carbonyl (C=O) groups is 2. The molecule has 0 unspecified atom stereocenters. The second-order valence-electron chi connectivity index (χ2n) is 11.7. The fourth-order valence-corrected chi connectivity index (χ4v) is 7.65. The molecule has 1 atom stereocenters. The third-order valence-corrected chi connectivity index (χ3v) is 10.9. The molecule has 0 radical (unpaired) electrons. The molecular formula is C37H39BrClN3O5S. The monoisotopic (exact) mass is 751 g/mol. The maximum absolute atomic E-state index is 14.7. The van der Waals surface area contributed by atoms with Gasteiger partial charge in [-0.15, -0.1) is 0 Å². The number of carbonyl (C=O) groups excluding carboxylic acids is 2. The number of halogens is 2. The van der Waals surface area contributed by atoms with Crippen molar-refractivity contribution in [1.29, 1.82) is 0 Å². The summed E-state index contributed by atoms with van der Waals surface area (Å²) < 4.78 is 35.9. The number of nitrogens with zero attached hydrogens (tertiary/aromatic N) is 2. The first kappa shape index (κ1) is 35.4. The van der Waals surface area contributed by atoms with Gasteiger partial charge in [0.2, 0.25) is 11.8 Å². The number of nitrogens with one attached hydrogen (secondary N) is 1. The molecular weight excluding hydrogens is 714 g/mol. The second kappa shape index (κ2) is 16.5. The van der Waals surface area contributed by atoms with E-state index < -0.39 is 28.5 Å². The Morgan fingerprint density at radius 3 is 2.17 bits per heavy atom. The van der Waals surface area contributed by atoms with E-state index in [-0.39, 0.29) is 35.5 Å². The first-order valence-corrected chi connectivity index (χ1v) is 18.6. The summed E-state index contributed by atoms with van der Waals surface area (Å²) in [7, 11) is -4.22. The Bertz CT molecular complexity index is 1770. The maximum Gasteiger partial charge on any atom is 0.264 e. The molecule has 1 saturated carbocycles. The molecule has 4 aromatic carbocycles. The summed E-state index contributed by atoms with van der Waals surface area (Å²) in [4.78, 5) is 30.3. The zero-order chi connectivity index (χ0) is 34.1. The Labute approximate surface area is 296 Å².